The van der Waals surface area contributed by atoms with E-state index in [0.717, 1.165) is 5.56 Å². The molecule has 0 atom stereocenters. The summed E-state index contributed by atoms with van der Waals surface area (Å²) in [6.07, 6.45) is 1.78. The van der Waals surface area contributed by atoms with Crippen LogP contribution in [0.25, 0.3) is 16.9 Å². The van der Waals surface area contributed by atoms with Gasteiger partial charge in [-0.05, 0) is 56.6 Å². The SMILES string of the molecule is COc1cccc(C(=O)N(CCN(C)C)CC(=O)Nc2nc(-c3ccccc3)cn2-c2ccc(F)cc2)c1. The monoisotopic (exact) mass is 515 g/mol. The van der Waals surface area contributed by atoms with E-state index in [4.69, 9.17) is 4.74 Å². The van der Waals surface area contributed by atoms with Gasteiger partial charge in [0.1, 0.15) is 18.1 Å². The van der Waals surface area contributed by atoms with Gasteiger partial charge in [-0.2, -0.15) is 0 Å². The molecule has 9 heteroatoms. The normalized spacial score (nSPS) is 10.9. The molecule has 0 aliphatic carbocycles. The zero-order valence-corrected chi connectivity index (χ0v) is 21.6. The summed E-state index contributed by atoms with van der Waals surface area (Å²) in [5.74, 6) is -0.235. The quantitative estimate of drug-likeness (QED) is 0.340. The highest BCUT2D eigenvalue weighted by molar-refractivity contribution is 5.99. The number of hydrogen-bond donors (Lipinski definition) is 1. The molecule has 4 rings (SSSR count). The first kappa shape index (κ1) is 26.6. The van der Waals surface area contributed by atoms with Crippen LogP contribution in [-0.2, 0) is 4.79 Å². The Bertz CT molecular complexity index is 1390. The van der Waals surface area contributed by atoms with Crippen LogP contribution in [0.4, 0.5) is 10.3 Å². The first-order valence-corrected chi connectivity index (χ1v) is 12.1. The lowest BCUT2D eigenvalue weighted by Crippen LogP contribution is -2.41. The van der Waals surface area contributed by atoms with E-state index in [2.05, 4.69) is 10.3 Å². The summed E-state index contributed by atoms with van der Waals surface area (Å²) in [5.41, 5.74) is 2.57. The van der Waals surface area contributed by atoms with Gasteiger partial charge in [-0.3, -0.25) is 19.5 Å². The minimum atomic E-state index is -0.409. The predicted octanol–water partition coefficient (Wildman–Crippen LogP) is 4.33. The van der Waals surface area contributed by atoms with Gasteiger partial charge in [-0.15, -0.1) is 0 Å². The van der Waals surface area contributed by atoms with E-state index in [-0.39, 0.29) is 24.2 Å². The molecular formula is C29H30FN5O3. The number of anilines is 1. The third-order valence-electron chi connectivity index (χ3n) is 5.89. The van der Waals surface area contributed by atoms with Gasteiger partial charge in [-0.25, -0.2) is 9.37 Å². The van der Waals surface area contributed by atoms with E-state index in [1.807, 2.05) is 49.3 Å². The minimum Gasteiger partial charge on any atom is -0.497 e. The summed E-state index contributed by atoms with van der Waals surface area (Å²) >= 11 is 0. The van der Waals surface area contributed by atoms with Gasteiger partial charge >= 0.3 is 0 Å². The average Bonchev–Trinajstić information content (AvgIpc) is 3.35. The number of methoxy groups -OCH3 is 1. The maximum atomic E-state index is 13.6. The number of halogens is 1. The standard InChI is InChI=1S/C29H30FN5O3/c1-33(2)16-17-34(28(37)22-10-7-11-25(18-22)38-3)20-27(36)32-29-31-26(21-8-5-4-6-9-21)19-35(29)24-14-12-23(30)13-15-24/h4-15,18-19H,16-17,20H2,1-3H3,(H,31,32,36). The fourth-order valence-corrected chi connectivity index (χ4v) is 3.86. The number of ether oxygens (including phenoxy) is 1. The van der Waals surface area contributed by atoms with Crippen molar-refractivity contribution in [1.29, 1.82) is 0 Å². The number of rotatable bonds is 10. The van der Waals surface area contributed by atoms with Crippen LogP contribution in [0.3, 0.4) is 0 Å². The summed E-state index contributed by atoms with van der Waals surface area (Å²) in [7, 11) is 5.34. The largest absolute Gasteiger partial charge is 0.497 e. The van der Waals surface area contributed by atoms with E-state index in [0.29, 0.717) is 35.8 Å². The Morgan fingerprint density at radius 3 is 2.39 bits per heavy atom. The van der Waals surface area contributed by atoms with Crippen molar-refractivity contribution in [2.45, 2.75) is 0 Å². The molecule has 1 N–H and O–H groups in total. The lowest BCUT2D eigenvalue weighted by molar-refractivity contribution is -0.117. The van der Waals surface area contributed by atoms with Gasteiger partial charge < -0.3 is 14.5 Å². The van der Waals surface area contributed by atoms with Crippen LogP contribution in [-0.4, -0.2) is 72.0 Å². The van der Waals surface area contributed by atoms with Crippen LogP contribution in [0.15, 0.2) is 85.1 Å². The van der Waals surface area contributed by atoms with Crippen molar-refractivity contribution in [1.82, 2.24) is 19.4 Å². The first-order valence-electron chi connectivity index (χ1n) is 12.1. The molecule has 3 aromatic carbocycles. The number of carbonyl (C=O) groups excluding carboxylic acids is 2. The predicted molar refractivity (Wildman–Crippen MR) is 145 cm³/mol. The average molecular weight is 516 g/mol. The van der Waals surface area contributed by atoms with E-state index >= 15 is 0 Å². The Morgan fingerprint density at radius 2 is 1.71 bits per heavy atom. The molecule has 1 heterocycles. The van der Waals surface area contributed by atoms with E-state index in [1.54, 1.807) is 47.2 Å². The van der Waals surface area contributed by atoms with Crippen molar-refractivity contribution < 1.29 is 18.7 Å². The van der Waals surface area contributed by atoms with Gasteiger partial charge in [0.25, 0.3) is 5.91 Å². The van der Waals surface area contributed by atoms with E-state index in [1.165, 1.54) is 24.1 Å². The van der Waals surface area contributed by atoms with Crippen LogP contribution in [0.5, 0.6) is 5.75 Å². The summed E-state index contributed by atoms with van der Waals surface area (Å²) in [5, 5.41) is 2.85. The van der Waals surface area contributed by atoms with E-state index in [9.17, 15) is 14.0 Å². The highest BCUT2D eigenvalue weighted by Gasteiger charge is 2.21. The van der Waals surface area contributed by atoms with Crippen molar-refractivity contribution in [2.24, 2.45) is 0 Å². The Labute approximate surface area is 221 Å². The smallest absolute Gasteiger partial charge is 0.254 e. The van der Waals surface area contributed by atoms with Crippen LogP contribution in [0.1, 0.15) is 10.4 Å². The molecule has 2 amide bonds. The van der Waals surface area contributed by atoms with Gasteiger partial charge in [0, 0.05) is 36.1 Å². The lowest BCUT2D eigenvalue weighted by Gasteiger charge is -2.24. The number of imidazole rings is 1. The second-order valence-corrected chi connectivity index (χ2v) is 8.97. The maximum absolute atomic E-state index is 13.6. The van der Waals surface area contributed by atoms with Gasteiger partial charge in [-0.1, -0.05) is 36.4 Å². The zero-order chi connectivity index (χ0) is 27.1. The van der Waals surface area contributed by atoms with Gasteiger partial charge in [0.05, 0.1) is 12.8 Å². The molecule has 0 fully saturated rings. The number of nitrogens with one attached hydrogen (secondary N) is 1. The molecule has 0 unspecified atom stereocenters. The Kier molecular flexibility index (Phi) is 8.50. The number of hydrogen-bond acceptors (Lipinski definition) is 5. The van der Waals surface area contributed by atoms with Crippen molar-refractivity contribution in [3.05, 3.63) is 96.4 Å². The Morgan fingerprint density at radius 1 is 0.974 bits per heavy atom. The van der Waals surface area contributed by atoms with Crippen molar-refractivity contribution in [2.75, 3.05) is 46.2 Å². The summed E-state index contributed by atoms with van der Waals surface area (Å²) in [4.78, 5) is 34.7. The third kappa shape index (κ3) is 6.63. The molecule has 0 aliphatic rings. The minimum absolute atomic E-state index is 0.180. The second-order valence-electron chi connectivity index (χ2n) is 8.97. The topological polar surface area (TPSA) is 79.7 Å². The highest BCUT2D eigenvalue weighted by Crippen LogP contribution is 2.24. The molecule has 8 nitrogen and oxygen atoms in total. The third-order valence-corrected chi connectivity index (χ3v) is 5.89. The fraction of sp³-hybridized carbons (Fsp3) is 0.207. The first-order chi connectivity index (χ1) is 18.3. The van der Waals surface area contributed by atoms with Crippen LogP contribution < -0.4 is 10.1 Å². The Hall–Kier alpha value is -4.50. The molecule has 196 valence electrons. The number of carbonyl (C=O) groups is 2. The molecule has 0 saturated carbocycles. The molecule has 0 bridgehead atoms. The highest BCUT2D eigenvalue weighted by atomic mass is 19.1. The maximum Gasteiger partial charge on any atom is 0.254 e. The number of amides is 2. The van der Waals surface area contributed by atoms with Crippen LogP contribution in [0.2, 0.25) is 0 Å². The van der Waals surface area contributed by atoms with Crippen LogP contribution >= 0.6 is 0 Å². The molecule has 0 radical (unpaired) electrons. The summed E-state index contributed by atoms with van der Waals surface area (Å²) < 4.78 is 20.5. The lowest BCUT2D eigenvalue weighted by atomic mass is 10.2. The molecular weight excluding hydrogens is 485 g/mol. The number of aromatic nitrogens is 2. The number of nitrogens with zero attached hydrogens (tertiary/aromatic N) is 4. The molecule has 0 saturated heterocycles. The van der Waals surface area contributed by atoms with Crippen LogP contribution in [0, 0.1) is 5.82 Å². The summed E-state index contributed by atoms with van der Waals surface area (Å²) in [6, 6.07) is 22.3. The van der Waals surface area contributed by atoms with Crippen molar-refractivity contribution in [3.63, 3.8) is 0 Å². The molecule has 0 aliphatic heterocycles. The van der Waals surface area contributed by atoms with E-state index < -0.39 is 5.91 Å². The number of likely N-dealkylation sites (N-methyl/N-ethyl adjacent to an activating group) is 1. The van der Waals surface area contributed by atoms with Crippen molar-refractivity contribution >= 4 is 17.8 Å². The fourth-order valence-electron chi connectivity index (χ4n) is 3.86. The molecule has 4 aromatic rings. The second kappa shape index (κ2) is 12.2. The zero-order valence-electron chi connectivity index (χ0n) is 21.6. The molecule has 0 spiro atoms. The summed E-state index contributed by atoms with van der Waals surface area (Å²) in [6.45, 7) is 0.740. The Balaban J connectivity index is 1.60. The molecule has 1 aromatic heterocycles. The van der Waals surface area contributed by atoms with Gasteiger partial charge in [0.2, 0.25) is 11.9 Å². The number of benzene rings is 3. The molecule has 38 heavy (non-hydrogen) atoms. The van der Waals surface area contributed by atoms with Crippen molar-refractivity contribution in [3.8, 4) is 22.7 Å². The van der Waals surface area contributed by atoms with Gasteiger partial charge in [0.15, 0.2) is 0 Å².